The zero-order valence-corrected chi connectivity index (χ0v) is 50.6. The zero-order chi connectivity index (χ0) is 60.7. The molecule has 0 atom stereocenters. The number of fused-ring (bicyclic) bond motifs is 6. The van der Waals surface area contributed by atoms with E-state index in [9.17, 15) is 21.6 Å². The van der Waals surface area contributed by atoms with Crippen LogP contribution in [0.4, 0.5) is 13.2 Å². The van der Waals surface area contributed by atoms with E-state index >= 15 is 0 Å². The molecule has 0 radical (unpaired) electrons. The Morgan fingerprint density at radius 2 is 0.694 bits per heavy atom. The van der Waals surface area contributed by atoms with Crippen LogP contribution in [0.15, 0.2) is 194 Å². The summed E-state index contributed by atoms with van der Waals surface area (Å²) in [6.07, 6.45) is 0. The molecule has 18 heteroatoms. The first kappa shape index (κ1) is 59.6. The van der Waals surface area contributed by atoms with E-state index in [0.717, 1.165) is 44.1 Å². The molecule has 3 aliphatic rings. The fraction of sp³-hybridized carbons (Fsp3) is 0.284. The molecule has 13 rings (SSSR count). The van der Waals surface area contributed by atoms with Crippen LogP contribution in [-0.4, -0.2) is 77.8 Å². The van der Waals surface area contributed by atoms with Gasteiger partial charge >= 0.3 is 36.8 Å². The number of nitrogens with zero attached hydrogens (tertiary/aromatic N) is 2. The van der Waals surface area contributed by atoms with Crippen molar-refractivity contribution in [1.29, 1.82) is 0 Å². The molecular weight excluding hydrogens is 1100 g/mol. The Kier molecular flexibility index (Phi) is 15.2. The molecule has 3 fully saturated rings. The summed E-state index contributed by atoms with van der Waals surface area (Å²) >= 11 is 0. The standard InChI is InChI=1S/C30H28BNO2.C25H16F3NO3S.C12H24B2O4/c1-29(2)30(3,4)34-31(33-29)26-19-18-22(20-25(26)21-12-6-5-7-13-21)32-27-16-10-8-14-23(27)24-15-9-11-17-28(24)32;26-25(27,28)33(30,31)32-24-15-14-18(16-21(24)17-8-2-1-3-9-17)29-22-12-6-4-10-19(22)20-11-5-7-13-23(20)29;1-9(2)10(3,4)16-13(15-9)14-17-11(5,6)12(7,8)18-14/h5-20H,1-4H3;1-16H;1-8H3. The molecule has 436 valence electrons. The molecule has 0 aliphatic carbocycles. The van der Waals surface area contributed by atoms with Crippen molar-refractivity contribution in [3.05, 3.63) is 194 Å². The lowest BCUT2D eigenvalue weighted by atomic mass is 9.49. The third-order valence-electron chi connectivity index (χ3n) is 17.6. The fourth-order valence-electron chi connectivity index (χ4n) is 10.9. The van der Waals surface area contributed by atoms with Crippen LogP contribution in [0.25, 0.3) is 77.2 Å². The van der Waals surface area contributed by atoms with Crippen LogP contribution in [-0.2, 0) is 38.0 Å². The quantitative estimate of drug-likeness (QED) is 0.0835. The molecule has 10 aromatic rings. The second-order valence-corrected chi connectivity index (χ2v) is 26.3. The summed E-state index contributed by atoms with van der Waals surface area (Å²) in [4.78, 5) is 0. The molecular formula is C67H68B3F3N2O9S. The first-order chi connectivity index (χ1) is 40.0. The van der Waals surface area contributed by atoms with Crippen LogP contribution in [0.5, 0.6) is 5.75 Å². The van der Waals surface area contributed by atoms with Gasteiger partial charge in [0.1, 0.15) is 0 Å². The molecule has 0 saturated carbocycles. The van der Waals surface area contributed by atoms with Crippen LogP contribution in [0.3, 0.4) is 0 Å². The number of para-hydroxylation sites is 4. The Morgan fingerprint density at radius 3 is 1.06 bits per heavy atom. The summed E-state index contributed by atoms with van der Waals surface area (Å²) < 4.78 is 108. The molecule has 5 heterocycles. The fourth-order valence-corrected chi connectivity index (χ4v) is 11.3. The number of aromatic nitrogens is 2. The molecule has 0 bridgehead atoms. The Morgan fingerprint density at radius 1 is 0.388 bits per heavy atom. The highest BCUT2D eigenvalue weighted by Crippen LogP contribution is 2.45. The van der Waals surface area contributed by atoms with Crippen LogP contribution < -0.4 is 9.65 Å². The smallest absolute Gasteiger partial charge is 0.405 e. The van der Waals surface area contributed by atoms with E-state index in [2.05, 4.69) is 134 Å². The summed E-state index contributed by atoms with van der Waals surface area (Å²) in [5.74, 6) is -0.400. The third-order valence-corrected chi connectivity index (χ3v) is 18.6. The van der Waals surface area contributed by atoms with Gasteiger partial charge in [-0.1, -0.05) is 140 Å². The lowest BCUT2D eigenvalue weighted by molar-refractivity contribution is -0.0499. The van der Waals surface area contributed by atoms with Crippen molar-refractivity contribution in [2.75, 3.05) is 0 Å². The Balaban J connectivity index is 0.000000139. The first-order valence-electron chi connectivity index (χ1n) is 28.4. The van der Waals surface area contributed by atoms with Crippen molar-refractivity contribution in [3.63, 3.8) is 0 Å². The van der Waals surface area contributed by atoms with Gasteiger partial charge in [0.15, 0.2) is 5.75 Å². The van der Waals surface area contributed by atoms with Gasteiger partial charge in [-0.2, -0.15) is 21.6 Å². The predicted octanol–water partition coefficient (Wildman–Crippen LogP) is 15.7. The van der Waals surface area contributed by atoms with Gasteiger partial charge in [-0.3, -0.25) is 0 Å². The highest BCUT2D eigenvalue weighted by atomic mass is 32.2. The van der Waals surface area contributed by atoms with Gasteiger partial charge in [-0.05, 0) is 160 Å². The SMILES string of the molecule is CC1(C)OB(B2OC(C)(C)C(C)(C)O2)OC1(C)C.CC1(C)OB(c2ccc(-n3c4ccccc4c4ccccc43)cc2-c2ccccc2)OC1(C)C.O=S(=O)(Oc1ccc(-n2c3ccccc3c3ccccc32)cc1-c1ccccc1)C(F)(F)F. The Hall–Kier alpha value is -7.15. The van der Waals surface area contributed by atoms with Crippen LogP contribution in [0.2, 0.25) is 0 Å². The second kappa shape index (κ2) is 21.7. The van der Waals surface area contributed by atoms with Crippen molar-refractivity contribution >= 4 is 80.3 Å². The maximum Gasteiger partial charge on any atom is 0.534 e. The molecule has 0 spiro atoms. The van der Waals surface area contributed by atoms with Gasteiger partial charge in [0.25, 0.3) is 0 Å². The minimum Gasteiger partial charge on any atom is -0.405 e. The van der Waals surface area contributed by atoms with Crippen molar-refractivity contribution in [2.24, 2.45) is 0 Å². The number of rotatable bonds is 8. The van der Waals surface area contributed by atoms with Crippen molar-refractivity contribution in [2.45, 2.75) is 122 Å². The Labute approximate surface area is 496 Å². The number of hydrogen-bond acceptors (Lipinski definition) is 9. The molecule has 11 nitrogen and oxygen atoms in total. The van der Waals surface area contributed by atoms with Crippen LogP contribution >= 0.6 is 0 Å². The van der Waals surface area contributed by atoms with Crippen molar-refractivity contribution in [1.82, 2.24) is 9.13 Å². The lowest BCUT2D eigenvalue weighted by Gasteiger charge is -2.32. The van der Waals surface area contributed by atoms with Crippen molar-refractivity contribution < 1.29 is 53.7 Å². The number of halogens is 3. The molecule has 8 aromatic carbocycles. The Bertz CT molecular complexity index is 4050. The van der Waals surface area contributed by atoms with E-state index in [1.165, 1.54) is 27.9 Å². The molecule has 85 heavy (non-hydrogen) atoms. The highest BCUT2D eigenvalue weighted by Gasteiger charge is 2.64. The van der Waals surface area contributed by atoms with E-state index in [4.69, 9.17) is 27.9 Å². The molecule has 0 amide bonds. The minimum atomic E-state index is -5.82. The van der Waals surface area contributed by atoms with Gasteiger partial charge in [0.05, 0.1) is 55.7 Å². The molecule has 2 aromatic heterocycles. The number of alkyl halides is 3. The molecule has 3 aliphatic heterocycles. The normalized spacial score (nSPS) is 18.4. The maximum absolute atomic E-state index is 13.0. The van der Waals surface area contributed by atoms with E-state index in [1.807, 2.05) is 108 Å². The summed E-state index contributed by atoms with van der Waals surface area (Å²) in [7, 11) is -7.20. The zero-order valence-electron chi connectivity index (χ0n) is 49.8. The van der Waals surface area contributed by atoms with Crippen molar-refractivity contribution in [3.8, 4) is 39.4 Å². The molecule has 0 unspecified atom stereocenters. The average molecular weight is 1170 g/mol. The number of hydrogen-bond donors (Lipinski definition) is 0. The van der Waals surface area contributed by atoms with E-state index in [0.29, 0.717) is 11.3 Å². The molecule has 3 saturated heterocycles. The highest BCUT2D eigenvalue weighted by molar-refractivity contribution is 7.88. The van der Waals surface area contributed by atoms with E-state index in [1.54, 1.807) is 42.5 Å². The topological polar surface area (TPSA) is 109 Å². The van der Waals surface area contributed by atoms with Crippen LogP contribution in [0.1, 0.15) is 83.1 Å². The number of benzene rings is 8. The minimum absolute atomic E-state index is 0.225. The third kappa shape index (κ3) is 11.0. The largest absolute Gasteiger partial charge is 0.534 e. The predicted molar refractivity (Wildman–Crippen MR) is 336 cm³/mol. The summed E-state index contributed by atoms with van der Waals surface area (Å²) in [6, 6.07) is 62.9. The maximum atomic E-state index is 13.0. The monoisotopic (exact) mass is 1170 g/mol. The summed E-state index contributed by atoms with van der Waals surface area (Å²) in [5.41, 5.74) is 2.31. The van der Waals surface area contributed by atoms with Gasteiger partial charge in [-0.25, -0.2) is 0 Å². The summed E-state index contributed by atoms with van der Waals surface area (Å²) in [5, 5.41) is 4.56. The van der Waals surface area contributed by atoms with E-state index < -0.39 is 53.7 Å². The second-order valence-electron chi connectivity index (χ2n) is 24.7. The van der Waals surface area contributed by atoms with Gasteiger partial charge < -0.3 is 41.2 Å². The lowest BCUT2D eigenvalue weighted by Crippen LogP contribution is -2.41. The average Bonchev–Trinajstić information content (AvgIpc) is 1.85. The van der Waals surface area contributed by atoms with Gasteiger partial charge in [0.2, 0.25) is 0 Å². The first-order valence-corrected chi connectivity index (χ1v) is 29.8. The summed E-state index contributed by atoms with van der Waals surface area (Å²) in [6.45, 7) is 24.6. The van der Waals surface area contributed by atoms with Gasteiger partial charge in [-0.15, -0.1) is 0 Å². The van der Waals surface area contributed by atoms with Crippen LogP contribution in [0, 0.1) is 0 Å². The molecule has 0 N–H and O–H groups in total. The van der Waals surface area contributed by atoms with E-state index in [-0.39, 0.29) is 28.0 Å². The van der Waals surface area contributed by atoms with Gasteiger partial charge in [0, 0.05) is 38.5 Å².